The summed E-state index contributed by atoms with van der Waals surface area (Å²) in [5.41, 5.74) is 1.79. The number of para-hydroxylation sites is 2. The SMILES string of the molecule is CC(C)C(NC(=O)CCc1nc2ccccc2[nH]1)C(=O)O. The molecular formula is C15H19N3O3. The van der Waals surface area contributed by atoms with Gasteiger partial charge in [0.15, 0.2) is 0 Å². The van der Waals surface area contributed by atoms with E-state index in [4.69, 9.17) is 5.11 Å². The van der Waals surface area contributed by atoms with Gasteiger partial charge >= 0.3 is 5.97 Å². The average molecular weight is 289 g/mol. The fourth-order valence-electron chi connectivity index (χ4n) is 2.12. The van der Waals surface area contributed by atoms with Crippen LogP contribution in [-0.4, -0.2) is 33.0 Å². The number of fused-ring (bicyclic) bond motifs is 1. The fourth-order valence-corrected chi connectivity index (χ4v) is 2.12. The van der Waals surface area contributed by atoms with E-state index < -0.39 is 12.0 Å². The largest absolute Gasteiger partial charge is 0.480 e. The van der Waals surface area contributed by atoms with Gasteiger partial charge in [0, 0.05) is 12.8 Å². The van der Waals surface area contributed by atoms with E-state index in [1.807, 2.05) is 24.3 Å². The number of imidazole rings is 1. The van der Waals surface area contributed by atoms with Gasteiger partial charge in [-0.3, -0.25) is 4.79 Å². The predicted molar refractivity (Wildman–Crippen MR) is 78.8 cm³/mol. The van der Waals surface area contributed by atoms with E-state index in [9.17, 15) is 9.59 Å². The number of nitrogens with one attached hydrogen (secondary N) is 2. The van der Waals surface area contributed by atoms with Crippen LogP contribution in [0.1, 0.15) is 26.1 Å². The van der Waals surface area contributed by atoms with Gasteiger partial charge in [-0.05, 0) is 18.1 Å². The highest BCUT2D eigenvalue weighted by Gasteiger charge is 2.23. The van der Waals surface area contributed by atoms with Gasteiger partial charge in [-0.2, -0.15) is 0 Å². The van der Waals surface area contributed by atoms with Crippen LogP contribution in [0.4, 0.5) is 0 Å². The number of carbonyl (C=O) groups is 2. The van der Waals surface area contributed by atoms with Crippen LogP contribution >= 0.6 is 0 Å². The standard InChI is InChI=1S/C15H19N3O3/c1-9(2)14(15(20)21)18-13(19)8-7-12-16-10-5-3-4-6-11(10)17-12/h3-6,9,14H,7-8H2,1-2H3,(H,16,17)(H,18,19)(H,20,21). The zero-order chi connectivity index (χ0) is 15.4. The Hall–Kier alpha value is -2.37. The van der Waals surface area contributed by atoms with E-state index >= 15 is 0 Å². The van der Waals surface area contributed by atoms with Crippen molar-refractivity contribution in [3.63, 3.8) is 0 Å². The lowest BCUT2D eigenvalue weighted by molar-refractivity contribution is -0.143. The number of H-pyrrole nitrogens is 1. The molecule has 1 aromatic carbocycles. The highest BCUT2D eigenvalue weighted by molar-refractivity contribution is 5.83. The maximum absolute atomic E-state index is 11.8. The van der Waals surface area contributed by atoms with Gasteiger partial charge in [0.25, 0.3) is 0 Å². The molecular weight excluding hydrogens is 270 g/mol. The van der Waals surface area contributed by atoms with Crippen LogP contribution in [-0.2, 0) is 16.0 Å². The lowest BCUT2D eigenvalue weighted by atomic mass is 10.0. The lowest BCUT2D eigenvalue weighted by Crippen LogP contribution is -2.44. The Morgan fingerprint density at radius 1 is 1.33 bits per heavy atom. The first-order valence-electron chi connectivity index (χ1n) is 6.93. The number of rotatable bonds is 6. The molecule has 1 aromatic heterocycles. The number of hydrogen-bond donors (Lipinski definition) is 3. The van der Waals surface area contributed by atoms with Gasteiger partial charge < -0.3 is 15.4 Å². The van der Waals surface area contributed by atoms with Crippen molar-refractivity contribution in [2.24, 2.45) is 5.92 Å². The van der Waals surface area contributed by atoms with E-state index in [1.54, 1.807) is 13.8 Å². The molecule has 2 rings (SSSR count). The molecule has 3 N–H and O–H groups in total. The molecule has 0 aliphatic heterocycles. The third-order valence-corrected chi connectivity index (χ3v) is 3.28. The number of carboxylic acids is 1. The molecule has 6 heteroatoms. The summed E-state index contributed by atoms with van der Waals surface area (Å²) < 4.78 is 0. The number of amides is 1. The minimum Gasteiger partial charge on any atom is -0.480 e. The van der Waals surface area contributed by atoms with E-state index in [0.717, 1.165) is 16.9 Å². The highest BCUT2D eigenvalue weighted by Crippen LogP contribution is 2.11. The van der Waals surface area contributed by atoms with Gasteiger partial charge in [-0.25, -0.2) is 9.78 Å². The Labute approximate surface area is 122 Å². The lowest BCUT2D eigenvalue weighted by Gasteiger charge is -2.17. The maximum Gasteiger partial charge on any atom is 0.326 e. The molecule has 0 spiro atoms. The van der Waals surface area contributed by atoms with Crippen LogP contribution in [0.2, 0.25) is 0 Å². The first kappa shape index (κ1) is 15.0. The van der Waals surface area contributed by atoms with E-state index in [-0.39, 0.29) is 18.2 Å². The topological polar surface area (TPSA) is 95.1 Å². The molecule has 0 radical (unpaired) electrons. The second kappa shape index (κ2) is 6.39. The quantitative estimate of drug-likeness (QED) is 0.754. The normalized spacial score (nSPS) is 12.5. The van der Waals surface area contributed by atoms with Crippen molar-refractivity contribution < 1.29 is 14.7 Å². The maximum atomic E-state index is 11.8. The summed E-state index contributed by atoms with van der Waals surface area (Å²) in [5, 5.41) is 11.6. The van der Waals surface area contributed by atoms with Crippen molar-refractivity contribution in [3.8, 4) is 0 Å². The van der Waals surface area contributed by atoms with Crippen molar-refractivity contribution >= 4 is 22.9 Å². The van der Waals surface area contributed by atoms with E-state index in [1.165, 1.54) is 0 Å². The van der Waals surface area contributed by atoms with Crippen LogP contribution in [0.25, 0.3) is 11.0 Å². The van der Waals surface area contributed by atoms with E-state index in [2.05, 4.69) is 15.3 Å². The molecule has 0 saturated heterocycles. The second-order valence-electron chi connectivity index (χ2n) is 5.33. The van der Waals surface area contributed by atoms with Crippen LogP contribution in [0.5, 0.6) is 0 Å². The summed E-state index contributed by atoms with van der Waals surface area (Å²) in [6.45, 7) is 3.52. The number of aromatic nitrogens is 2. The van der Waals surface area contributed by atoms with Gasteiger partial charge in [0.1, 0.15) is 11.9 Å². The van der Waals surface area contributed by atoms with E-state index in [0.29, 0.717) is 6.42 Å². The third-order valence-electron chi connectivity index (χ3n) is 3.28. The van der Waals surface area contributed by atoms with Gasteiger partial charge in [0.05, 0.1) is 11.0 Å². The minimum absolute atomic E-state index is 0.155. The van der Waals surface area contributed by atoms with Gasteiger partial charge in [-0.15, -0.1) is 0 Å². The molecule has 6 nitrogen and oxygen atoms in total. The van der Waals surface area contributed by atoms with Gasteiger partial charge in [0.2, 0.25) is 5.91 Å². The zero-order valence-electron chi connectivity index (χ0n) is 12.1. The first-order chi connectivity index (χ1) is 9.97. The third kappa shape index (κ3) is 3.81. The Kier molecular flexibility index (Phi) is 4.57. The molecule has 0 aliphatic rings. The molecule has 0 saturated carbocycles. The summed E-state index contributed by atoms with van der Waals surface area (Å²) in [6.07, 6.45) is 0.654. The smallest absolute Gasteiger partial charge is 0.326 e. The first-order valence-corrected chi connectivity index (χ1v) is 6.93. The molecule has 1 heterocycles. The van der Waals surface area contributed by atoms with Crippen molar-refractivity contribution in [2.45, 2.75) is 32.7 Å². The average Bonchev–Trinajstić information content (AvgIpc) is 2.84. The summed E-state index contributed by atoms with van der Waals surface area (Å²) in [6, 6.07) is 6.78. The number of carboxylic acid groups (broad SMARTS) is 1. The van der Waals surface area contributed by atoms with Crippen molar-refractivity contribution in [3.05, 3.63) is 30.1 Å². The van der Waals surface area contributed by atoms with Crippen molar-refractivity contribution in [1.29, 1.82) is 0 Å². The molecule has 112 valence electrons. The molecule has 1 atom stereocenters. The molecule has 0 bridgehead atoms. The number of nitrogens with zero attached hydrogens (tertiary/aromatic N) is 1. The van der Waals surface area contributed by atoms with Crippen LogP contribution < -0.4 is 5.32 Å². The molecule has 21 heavy (non-hydrogen) atoms. The Bertz CT molecular complexity index is 615. The number of aliphatic carboxylic acids is 1. The molecule has 0 aliphatic carbocycles. The molecule has 2 aromatic rings. The summed E-state index contributed by atoms with van der Waals surface area (Å²) in [5.74, 6) is -0.723. The number of hydrogen-bond acceptors (Lipinski definition) is 3. The van der Waals surface area contributed by atoms with Crippen LogP contribution in [0, 0.1) is 5.92 Å². The zero-order valence-corrected chi connectivity index (χ0v) is 12.1. The van der Waals surface area contributed by atoms with Crippen LogP contribution in [0.3, 0.4) is 0 Å². The summed E-state index contributed by atoms with van der Waals surface area (Å²) in [4.78, 5) is 30.4. The fraction of sp³-hybridized carbons (Fsp3) is 0.400. The number of benzene rings is 1. The Balaban J connectivity index is 1.93. The highest BCUT2D eigenvalue weighted by atomic mass is 16.4. The van der Waals surface area contributed by atoms with Crippen molar-refractivity contribution in [1.82, 2.24) is 15.3 Å². The monoisotopic (exact) mass is 289 g/mol. The minimum atomic E-state index is -1.01. The number of aromatic amines is 1. The Morgan fingerprint density at radius 3 is 2.67 bits per heavy atom. The summed E-state index contributed by atoms with van der Waals surface area (Å²) in [7, 11) is 0. The van der Waals surface area contributed by atoms with Crippen molar-refractivity contribution in [2.75, 3.05) is 0 Å². The second-order valence-corrected chi connectivity index (χ2v) is 5.33. The number of carbonyl (C=O) groups excluding carboxylic acids is 1. The molecule has 1 amide bonds. The molecule has 0 fully saturated rings. The Morgan fingerprint density at radius 2 is 2.05 bits per heavy atom. The van der Waals surface area contributed by atoms with Crippen LogP contribution in [0.15, 0.2) is 24.3 Å². The van der Waals surface area contributed by atoms with Gasteiger partial charge in [-0.1, -0.05) is 26.0 Å². The molecule has 1 unspecified atom stereocenters. The summed E-state index contributed by atoms with van der Waals surface area (Å²) >= 11 is 0. The predicted octanol–water partition coefficient (Wildman–Crippen LogP) is 1.72. The number of aryl methyl sites for hydroxylation is 1.